The molecule has 14 heteroatoms. The van der Waals surface area contributed by atoms with Gasteiger partial charge in [0.05, 0.1) is 27.2 Å². The molecule has 5 N–H and O–H groups in total. The highest BCUT2D eigenvalue weighted by atomic mass is 32.2. The quantitative estimate of drug-likeness (QED) is 0.196. The molecule has 176 valence electrons. The summed E-state index contributed by atoms with van der Waals surface area (Å²) in [5.74, 6) is -1.33. The summed E-state index contributed by atoms with van der Waals surface area (Å²) in [5.41, 5.74) is 4.23. The van der Waals surface area contributed by atoms with Crippen LogP contribution < -0.4 is 20.9 Å². The van der Waals surface area contributed by atoms with Crippen LogP contribution in [0.2, 0.25) is 0 Å². The molecular weight excluding hydrogens is 474 g/mol. The molecule has 1 heterocycles. The molecule has 1 atom stereocenters. The van der Waals surface area contributed by atoms with Crippen LogP contribution in [0.4, 0.5) is 17.1 Å². The van der Waals surface area contributed by atoms with E-state index >= 15 is 0 Å². The summed E-state index contributed by atoms with van der Waals surface area (Å²) < 4.78 is 33.1. The maximum atomic E-state index is 12.7. The smallest absolute Gasteiger partial charge is 0.337 e. The van der Waals surface area contributed by atoms with Crippen molar-refractivity contribution >= 4 is 50.4 Å². The number of hydrogen-bond acceptors (Lipinski definition) is 8. The molecule has 0 aliphatic carbocycles. The van der Waals surface area contributed by atoms with Crippen LogP contribution in [-0.4, -0.2) is 48.8 Å². The minimum atomic E-state index is -4.31. The molecule has 0 unspecified atom stereocenters. The van der Waals surface area contributed by atoms with Gasteiger partial charge in [-0.1, -0.05) is 12.1 Å². The van der Waals surface area contributed by atoms with E-state index in [9.17, 15) is 28.4 Å². The second kappa shape index (κ2) is 10.4. The molecule has 0 saturated carbocycles. The summed E-state index contributed by atoms with van der Waals surface area (Å²) in [6.07, 6.45) is 1.93. The van der Waals surface area contributed by atoms with E-state index in [-0.39, 0.29) is 28.2 Å². The van der Waals surface area contributed by atoms with Gasteiger partial charge in [-0.05, 0) is 49.3 Å². The van der Waals surface area contributed by atoms with E-state index < -0.39 is 31.5 Å². The molecule has 0 aromatic heterocycles. The van der Waals surface area contributed by atoms with E-state index in [0.29, 0.717) is 13.2 Å². The Morgan fingerprint density at radius 1 is 1.24 bits per heavy atom. The number of carbonyl (C=O) groups is 1. The molecular formula is C19H21N5O7S2. The van der Waals surface area contributed by atoms with Crippen molar-refractivity contribution in [3.05, 3.63) is 58.1 Å². The molecule has 1 aliphatic rings. The minimum Gasteiger partial charge on any atom is -0.478 e. The number of aromatic carboxylic acids is 1. The third-order valence-corrected chi connectivity index (χ3v) is 6.31. The number of thiocarbonyl (C=S) groups is 1. The van der Waals surface area contributed by atoms with Gasteiger partial charge < -0.3 is 15.2 Å². The van der Waals surface area contributed by atoms with Crippen LogP contribution in [-0.2, 0) is 14.8 Å². The van der Waals surface area contributed by atoms with E-state index in [4.69, 9.17) is 17.0 Å². The number of sulfonamides is 1. The van der Waals surface area contributed by atoms with Gasteiger partial charge in [0.15, 0.2) is 5.11 Å². The van der Waals surface area contributed by atoms with Crippen molar-refractivity contribution in [1.82, 2.24) is 10.7 Å². The maximum Gasteiger partial charge on any atom is 0.337 e. The molecule has 12 nitrogen and oxygen atoms in total. The van der Waals surface area contributed by atoms with Crippen molar-refractivity contribution in [2.24, 2.45) is 0 Å². The third kappa shape index (κ3) is 6.27. The van der Waals surface area contributed by atoms with Crippen molar-refractivity contribution in [1.29, 1.82) is 0 Å². The molecule has 2 aromatic rings. The lowest BCUT2D eigenvalue weighted by molar-refractivity contribution is -0.384. The third-order valence-electron chi connectivity index (χ3n) is 4.70. The van der Waals surface area contributed by atoms with Gasteiger partial charge >= 0.3 is 5.97 Å². The largest absolute Gasteiger partial charge is 0.478 e. The number of hydrogen-bond donors (Lipinski definition) is 5. The van der Waals surface area contributed by atoms with Gasteiger partial charge in [0.2, 0.25) is 0 Å². The standard InChI is InChI=1S/C19H21N5O7S2/c25-18(26)14-5-1-2-6-15(14)23-33(29,30)13-7-8-16(17(10-13)24(27)28)21-22-19(32)20-11-12-4-3-9-31-12/h1-2,5-8,10,12,21,23H,3-4,9,11H2,(H,25,26)(H2,20,22,32)/t12-/m0/s1. The molecule has 2 aromatic carbocycles. The number of nitrogens with zero attached hydrogens (tertiary/aromatic N) is 1. The van der Waals surface area contributed by atoms with Crippen molar-refractivity contribution in [2.45, 2.75) is 23.8 Å². The minimum absolute atomic E-state index is 0.0221. The first kappa shape index (κ1) is 24.2. The first-order valence-corrected chi connectivity index (χ1v) is 11.6. The average Bonchev–Trinajstić information content (AvgIpc) is 3.29. The van der Waals surface area contributed by atoms with E-state index in [1.54, 1.807) is 0 Å². The van der Waals surface area contributed by atoms with Crippen LogP contribution >= 0.6 is 12.2 Å². The summed E-state index contributed by atoms with van der Waals surface area (Å²) in [7, 11) is -4.31. The molecule has 0 amide bonds. The van der Waals surface area contributed by atoms with Gasteiger partial charge in [0.1, 0.15) is 5.69 Å². The van der Waals surface area contributed by atoms with Gasteiger partial charge in [-0.3, -0.25) is 25.7 Å². The van der Waals surface area contributed by atoms with Crippen LogP contribution in [0, 0.1) is 10.1 Å². The summed E-state index contributed by atoms with van der Waals surface area (Å²) in [6.45, 7) is 1.18. The molecule has 33 heavy (non-hydrogen) atoms. The second-order valence-electron chi connectivity index (χ2n) is 6.99. The number of carboxylic acids is 1. The Kier molecular flexibility index (Phi) is 7.63. The summed E-state index contributed by atoms with van der Waals surface area (Å²) in [4.78, 5) is 21.7. The Morgan fingerprint density at radius 2 is 2.00 bits per heavy atom. The number of nitro groups is 1. The topological polar surface area (TPSA) is 172 Å². The fourth-order valence-corrected chi connectivity index (χ4v) is 4.31. The molecule has 3 rings (SSSR count). The van der Waals surface area contributed by atoms with Crippen LogP contribution in [0.1, 0.15) is 23.2 Å². The van der Waals surface area contributed by atoms with Gasteiger partial charge in [0.25, 0.3) is 15.7 Å². The van der Waals surface area contributed by atoms with Crippen LogP contribution in [0.25, 0.3) is 0 Å². The molecule has 0 spiro atoms. The molecule has 1 aliphatic heterocycles. The normalized spacial score (nSPS) is 15.5. The van der Waals surface area contributed by atoms with E-state index in [1.165, 1.54) is 30.3 Å². The number of carboxylic acid groups (broad SMARTS) is 1. The number of rotatable bonds is 9. The van der Waals surface area contributed by atoms with Crippen LogP contribution in [0.15, 0.2) is 47.4 Å². The maximum absolute atomic E-state index is 12.7. The number of anilines is 2. The second-order valence-corrected chi connectivity index (χ2v) is 9.08. The lowest BCUT2D eigenvalue weighted by Gasteiger charge is -2.15. The molecule has 0 radical (unpaired) electrons. The van der Waals surface area contributed by atoms with Crippen LogP contribution in [0.5, 0.6) is 0 Å². The highest BCUT2D eigenvalue weighted by Gasteiger charge is 2.23. The predicted octanol–water partition coefficient (Wildman–Crippen LogP) is 2.06. The Morgan fingerprint density at radius 3 is 2.67 bits per heavy atom. The number of nitrogens with one attached hydrogen (secondary N) is 4. The number of para-hydroxylation sites is 1. The highest BCUT2D eigenvalue weighted by molar-refractivity contribution is 7.92. The molecule has 1 saturated heterocycles. The summed E-state index contributed by atoms with van der Waals surface area (Å²) in [5, 5.41) is 23.9. The molecule has 0 bridgehead atoms. The fraction of sp³-hybridized carbons (Fsp3) is 0.263. The van der Waals surface area contributed by atoms with Gasteiger partial charge in [-0.15, -0.1) is 0 Å². The Labute approximate surface area is 194 Å². The Hall–Kier alpha value is -3.49. The zero-order chi connectivity index (χ0) is 24.0. The van der Waals surface area contributed by atoms with E-state index in [2.05, 4.69) is 20.9 Å². The monoisotopic (exact) mass is 495 g/mol. The zero-order valence-electron chi connectivity index (χ0n) is 17.1. The first-order valence-electron chi connectivity index (χ1n) is 9.72. The van der Waals surface area contributed by atoms with E-state index in [1.807, 2.05) is 0 Å². The predicted molar refractivity (Wildman–Crippen MR) is 124 cm³/mol. The van der Waals surface area contributed by atoms with Crippen molar-refractivity contribution in [3.63, 3.8) is 0 Å². The van der Waals surface area contributed by atoms with Gasteiger partial charge in [-0.25, -0.2) is 13.2 Å². The number of nitro benzene ring substituents is 1. The number of benzene rings is 2. The SMILES string of the molecule is O=C(O)c1ccccc1NS(=O)(=O)c1ccc(NNC(=S)NC[C@@H]2CCCO2)c([N+](=O)[O-])c1. The van der Waals surface area contributed by atoms with Crippen LogP contribution in [0.3, 0.4) is 0 Å². The summed E-state index contributed by atoms with van der Waals surface area (Å²) >= 11 is 5.12. The highest BCUT2D eigenvalue weighted by Crippen LogP contribution is 2.28. The van der Waals surface area contributed by atoms with Gasteiger partial charge in [0, 0.05) is 19.2 Å². The lowest BCUT2D eigenvalue weighted by Crippen LogP contribution is -2.42. The summed E-state index contributed by atoms with van der Waals surface area (Å²) in [6, 6.07) is 8.62. The number of ether oxygens (including phenoxy) is 1. The van der Waals surface area contributed by atoms with Crippen molar-refractivity contribution < 1.29 is 28.0 Å². The van der Waals surface area contributed by atoms with Crippen molar-refractivity contribution in [2.75, 3.05) is 23.3 Å². The van der Waals surface area contributed by atoms with E-state index in [0.717, 1.165) is 25.0 Å². The van der Waals surface area contributed by atoms with Crippen molar-refractivity contribution in [3.8, 4) is 0 Å². The Bertz CT molecular complexity index is 1170. The lowest BCUT2D eigenvalue weighted by atomic mass is 10.2. The fourth-order valence-electron chi connectivity index (χ4n) is 3.08. The van der Waals surface area contributed by atoms with Gasteiger partial charge in [-0.2, -0.15) is 0 Å². The molecule has 1 fully saturated rings. The first-order chi connectivity index (χ1) is 15.7. The zero-order valence-corrected chi connectivity index (χ0v) is 18.7. The average molecular weight is 496 g/mol. The Balaban J connectivity index is 1.73. The number of hydrazine groups is 1.